The minimum atomic E-state index is -0.406. The molecule has 4 unspecified atom stereocenters. The maximum Gasteiger partial charge on any atom is 0.255 e. The Morgan fingerprint density at radius 3 is 2.48 bits per heavy atom. The van der Waals surface area contributed by atoms with Crippen molar-refractivity contribution in [3.63, 3.8) is 0 Å². The fourth-order valence-electron chi connectivity index (χ4n) is 11.7. The van der Waals surface area contributed by atoms with E-state index in [-0.39, 0.29) is 34.8 Å². The molecule has 2 heterocycles. The van der Waals surface area contributed by atoms with Crippen molar-refractivity contribution >= 4 is 28.4 Å². The Morgan fingerprint density at radius 1 is 0.870 bits per heavy atom. The molecule has 4 saturated carbocycles. The lowest BCUT2D eigenvalue weighted by molar-refractivity contribution is -0.155. The second-order valence-corrected chi connectivity index (χ2v) is 16.2. The summed E-state index contributed by atoms with van der Waals surface area (Å²) in [6.07, 6.45) is 9.54. The average Bonchev–Trinajstić information content (AvgIpc) is 3.68. The smallest absolute Gasteiger partial charge is 0.255 e. The molecule has 9 atom stereocenters. The third kappa shape index (κ3) is 4.69. The predicted octanol–water partition coefficient (Wildman–Crippen LogP) is 5.54. The first-order valence-corrected chi connectivity index (χ1v) is 18.2. The van der Waals surface area contributed by atoms with Crippen LogP contribution in [0.5, 0.6) is 0 Å². The van der Waals surface area contributed by atoms with Crippen LogP contribution in [0.15, 0.2) is 42.5 Å². The lowest BCUT2D eigenvalue weighted by Gasteiger charge is -2.62. The van der Waals surface area contributed by atoms with Gasteiger partial charge in [-0.1, -0.05) is 50.2 Å². The van der Waals surface area contributed by atoms with Crippen molar-refractivity contribution in [2.45, 2.75) is 96.2 Å². The van der Waals surface area contributed by atoms with Gasteiger partial charge in [0.05, 0.1) is 6.10 Å². The number of amides is 2. The first-order chi connectivity index (χ1) is 22.2. The van der Waals surface area contributed by atoms with Crippen molar-refractivity contribution in [2.24, 2.45) is 34.5 Å². The molecule has 2 aliphatic heterocycles. The number of likely N-dealkylation sites (tertiary alicyclic amines) is 1. The van der Waals surface area contributed by atoms with Crippen LogP contribution in [-0.4, -0.2) is 88.3 Å². The van der Waals surface area contributed by atoms with E-state index in [0.717, 1.165) is 68.8 Å². The first-order valence-electron chi connectivity index (χ1n) is 18.2. The Balaban J connectivity index is 0.934. The zero-order valence-electron chi connectivity index (χ0n) is 27.7. The molecule has 46 heavy (non-hydrogen) atoms. The standard InChI is InChI=1S/C39H51N3O4/c1-38-17-16-31-29(30(38)14-15-35(38)44)13-12-26-23-34(43)33(24-39(26,31)2)40-19-21-41(22-20-40)37(46)32-11-6-18-42(32)36(45)28-10-5-8-25-7-3-4-9-27(25)28/h3-5,7-10,26,29-34,43H,6,11-24H2,1-2H3/t26?,29?,30?,31?,32-,33-,34-,38-,39-/m0/s1. The van der Waals surface area contributed by atoms with Gasteiger partial charge in [0.15, 0.2) is 0 Å². The van der Waals surface area contributed by atoms with Gasteiger partial charge in [0.2, 0.25) is 5.91 Å². The molecule has 0 bridgehead atoms. The summed E-state index contributed by atoms with van der Waals surface area (Å²) in [4.78, 5) is 46.9. The first kappa shape index (κ1) is 30.6. The number of carbonyl (C=O) groups is 3. The van der Waals surface area contributed by atoms with Gasteiger partial charge in [0.1, 0.15) is 11.8 Å². The fourth-order valence-corrected chi connectivity index (χ4v) is 11.7. The SMILES string of the molecule is C[C@]12C[C@H](N3CCN(C(=O)[C@@H]4CCCN4C(=O)c4cccc5ccccc45)CC3)[C@@H](O)CC1CCC1C2CC[C@]2(C)C(=O)CCC12. The van der Waals surface area contributed by atoms with Gasteiger partial charge in [0.25, 0.3) is 5.91 Å². The molecule has 6 fully saturated rings. The summed E-state index contributed by atoms with van der Waals surface area (Å²) in [6, 6.07) is 13.5. The largest absolute Gasteiger partial charge is 0.391 e. The Bertz CT molecular complexity index is 1530. The molecule has 2 aromatic rings. The Labute approximate surface area is 273 Å². The summed E-state index contributed by atoms with van der Waals surface area (Å²) in [5, 5.41) is 13.5. The Hall–Kier alpha value is -2.77. The lowest BCUT2D eigenvalue weighted by Crippen LogP contribution is -2.62. The summed E-state index contributed by atoms with van der Waals surface area (Å²) >= 11 is 0. The monoisotopic (exact) mass is 625 g/mol. The van der Waals surface area contributed by atoms with Crippen molar-refractivity contribution in [2.75, 3.05) is 32.7 Å². The third-order valence-electron chi connectivity index (χ3n) is 14.3. The van der Waals surface area contributed by atoms with Crippen molar-refractivity contribution in [1.82, 2.24) is 14.7 Å². The maximum atomic E-state index is 13.9. The van der Waals surface area contributed by atoms with Crippen LogP contribution in [0.25, 0.3) is 10.8 Å². The van der Waals surface area contributed by atoms with Gasteiger partial charge in [-0.15, -0.1) is 0 Å². The maximum absolute atomic E-state index is 13.9. The number of Topliss-reactive ketones (excluding diaryl/α,β-unsaturated/α-hetero) is 1. The van der Waals surface area contributed by atoms with Gasteiger partial charge in [-0.3, -0.25) is 19.3 Å². The normalized spacial score (nSPS) is 39.6. The molecular weight excluding hydrogens is 574 g/mol. The van der Waals surface area contributed by atoms with Gasteiger partial charge in [-0.2, -0.15) is 0 Å². The minimum absolute atomic E-state index is 0.0461. The van der Waals surface area contributed by atoms with Crippen molar-refractivity contribution in [3.8, 4) is 0 Å². The van der Waals surface area contributed by atoms with E-state index in [0.29, 0.717) is 61.1 Å². The van der Waals surface area contributed by atoms with Crippen LogP contribution in [0.1, 0.15) is 88.4 Å². The zero-order chi connectivity index (χ0) is 31.8. The lowest BCUT2D eigenvalue weighted by atomic mass is 9.44. The molecule has 7 nitrogen and oxygen atoms in total. The van der Waals surface area contributed by atoms with E-state index >= 15 is 0 Å². The second kappa shape index (κ2) is 11.4. The minimum Gasteiger partial charge on any atom is -0.391 e. The van der Waals surface area contributed by atoms with Gasteiger partial charge < -0.3 is 14.9 Å². The second-order valence-electron chi connectivity index (χ2n) is 16.2. The molecule has 0 aromatic heterocycles. The van der Waals surface area contributed by atoms with Crippen LogP contribution in [0.4, 0.5) is 0 Å². The number of rotatable bonds is 3. The van der Waals surface area contributed by atoms with Gasteiger partial charge in [0, 0.05) is 56.2 Å². The highest BCUT2D eigenvalue weighted by molar-refractivity contribution is 6.08. The number of piperazine rings is 1. The molecule has 2 saturated heterocycles. The number of hydrogen-bond acceptors (Lipinski definition) is 5. The van der Waals surface area contributed by atoms with Crippen LogP contribution < -0.4 is 0 Å². The number of nitrogens with zero attached hydrogens (tertiary/aromatic N) is 3. The molecule has 2 aromatic carbocycles. The highest BCUT2D eigenvalue weighted by Crippen LogP contribution is 2.65. The topological polar surface area (TPSA) is 81.2 Å². The molecule has 246 valence electrons. The molecule has 7 heteroatoms. The number of fused-ring (bicyclic) bond motifs is 6. The summed E-state index contributed by atoms with van der Waals surface area (Å²) in [7, 11) is 0. The number of aliphatic hydroxyl groups is 1. The molecule has 8 rings (SSSR count). The fraction of sp³-hybridized carbons (Fsp3) is 0.667. The van der Waals surface area contributed by atoms with Crippen LogP contribution >= 0.6 is 0 Å². The van der Waals surface area contributed by atoms with Crippen molar-refractivity contribution < 1.29 is 19.5 Å². The van der Waals surface area contributed by atoms with Gasteiger partial charge in [-0.05, 0) is 104 Å². The summed E-state index contributed by atoms with van der Waals surface area (Å²) in [6.45, 7) is 8.21. The number of hydrogen-bond donors (Lipinski definition) is 1. The van der Waals surface area contributed by atoms with Crippen LogP contribution in [0, 0.1) is 34.5 Å². The molecule has 6 aliphatic rings. The summed E-state index contributed by atoms with van der Waals surface area (Å²) in [5.41, 5.74) is 0.765. The molecule has 0 spiro atoms. The van der Waals surface area contributed by atoms with E-state index in [4.69, 9.17) is 0 Å². The van der Waals surface area contributed by atoms with E-state index in [9.17, 15) is 19.5 Å². The van der Waals surface area contributed by atoms with Gasteiger partial charge >= 0.3 is 0 Å². The summed E-state index contributed by atoms with van der Waals surface area (Å²) < 4.78 is 0. The average molecular weight is 626 g/mol. The van der Waals surface area contributed by atoms with Crippen molar-refractivity contribution in [3.05, 3.63) is 48.0 Å². The van der Waals surface area contributed by atoms with Crippen LogP contribution in [0.3, 0.4) is 0 Å². The molecule has 4 aliphatic carbocycles. The predicted molar refractivity (Wildman–Crippen MR) is 178 cm³/mol. The number of benzene rings is 2. The Kier molecular flexibility index (Phi) is 7.60. The quantitative estimate of drug-likeness (QED) is 0.485. The van der Waals surface area contributed by atoms with E-state index < -0.39 is 6.04 Å². The number of carbonyl (C=O) groups excluding carboxylic acids is 3. The zero-order valence-corrected chi connectivity index (χ0v) is 27.7. The third-order valence-corrected chi connectivity index (χ3v) is 14.3. The highest BCUT2D eigenvalue weighted by Gasteiger charge is 2.61. The van der Waals surface area contributed by atoms with Crippen molar-refractivity contribution in [1.29, 1.82) is 0 Å². The van der Waals surface area contributed by atoms with E-state index in [1.165, 1.54) is 12.8 Å². The van der Waals surface area contributed by atoms with E-state index in [1.807, 2.05) is 52.3 Å². The highest BCUT2D eigenvalue weighted by atomic mass is 16.3. The van der Waals surface area contributed by atoms with Crippen LogP contribution in [0.2, 0.25) is 0 Å². The van der Waals surface area contributed by atoms with E-state index in [1.54, 1.807) is 0 Å². The number of ketones is 1. The molecular formula is C39H51N3O4. The number of aliphatic hydroxyl groups excluding tert-OH is 1. The molecule has 1 N–H and O–H groups in total. The van der Waals surface area contributed by atoms with E-state index in [2.05, 4.69) is 18.7 Å². The summed E-state index contributed by atoms with van der Waals surface area (Å²) in [5.74, 6) is 2.91. The molecule has 2 amide bonds. The van der Waals surface area contributed by atoms with Gasteiger partial charge in [-0.25, -0.2) is 0 Å². The molecule has 0 radical (unpaired) electrons. The Morgan fingerprint density at radius 2 is 1.65 bits per heavy atom. The van der Waals surface area contributed by atoms with Crippen LogP contribution in [-0.2, 0) is 9.59 Å².